The largest absolute Gasteiger partial charge is 0.433 e. The minimum atomic E-state index is -1.61. The zero-order valence-electron chi connectivity index (χ0n) is 12.5. The summed E-state index contributed by atoms with van der Waals surface area (Å²) in [5, 5.41) is 8.07. The van der Waals surface area contributed by atoms with Crippen molar-refractivity contribution < 1.29 is 41.9 Å². The molecule has 0 radical (unpaired) electrons. The van der Waals surface area contributed by atoms with Gasteiger partial charge in [-0.2, -0.15) is 0 Å². The first-order chi connectivity index (χ1) is 6.41. The zero-order chi connectivity index (χ0) is 13.1. The molecule has 0 atom stereocenters. The summed E-state index contributed by atoms with van der Waals surface area (Å²) >= 11 is 0. The van der Waals surface area contributed by atoms with Gasteiger partial charge in [0, 0.05) is 28.3 Å². The molecule has 0 unspecified atom stereocenters. The first kappa shape index (κ1) is 30.8. The summed E-state index contributed by atoms with van der Waals surface area (Å²) in [6.07, 6.45) is 2.04. The molecule has 0 saturated carbocycles. The second-order valence-electron chi connectivity index (χ2n) is 5.42. The van der Waals surface area contributed by atoms with Gasteiger partial charge in [-0.3, -0.25) is 0 Å². The van der Waals surface area contributed by atoms with Crippen LogP contribution in [0.15, 0.2) is 0 Å². The molecule has 0 aromatic rings. The van der Waals surface area contributed by atoms with E-state index in [4.69, 9.17) is 14.7 Å². The van der Waals surface area contributed by atoms with Gasteiger partial charge in [0.1, 0.15) is 0 Å². The van der Waals surface area contributed by atoms with E-state index in [0.717, 1.165) is 12.8 Å². The van der Waals surface area contributed by atoms with E-state index in [9.17, 15) is 0 Å². The van der Waals surface area contributed by atoms with Crippen molar-refractivity contribution in [2.24, 2.45) is 0 Å². The average molecular weight is 320 g/mol. The van der Waals surface area contributed by atoms with Crippen LogP contribution in [-0.4, -0.2) is 43.4 Å². The molecule has 0 heterocycles. The Hall–Kier alpha value is 0.988. The van der Waals surface area contributed by atoms with Crippen LogP contribution >= 0.6 is 0 Å². The van der Waals surface area contributed by atoms with E-state index in [1.165, 1.54) is 0 Å². The third-order valence-electron chi connectivity index (χ3n) is 0.512. The van der Waals surface area contributed by atoms with Gasteiger partial charge >= 0.3 is 0 Å². The smallest absolute Gasteiger partial charge is 0.179 e. The Morgan fingerprint density at radius 1 is 0.824 bits per heavy atom. The third-order valence-corrected chi connectivity index (χ3v) is 0.512. The fourth-order valence-electron chi connectivity index (χ4n) is 0.158. The average Bonchev–Trinajstić information content (AvgIpc) is 1.80. The molecule has 0 saturated heterocycles. The van der Waals surface area contributed by atoms with Gasteiger partial charge in [0.15, 0.2) is 16.6 Å². The maximum absolute atomic E-state index is 8.66. The molecule has 17 heavy (non-hydrogen) atoms. The molecule has 4 nitrogen and oxygen atoms in total. The zero-order valence-corrected chi connectivity index (χ0v) is 16.0. The number of aliphatic hydroxyl groups is 1. The van der Waals surface area contributed by atoms with Crippen LogP contribution in [0.4, 0.5) is 0 Å². The Balaban J connectivity index is -0.0000000400. The fourth-order valence-corrected chi connectivity index (χ4v) is 0.158. The van der Waals surface area contributed by atoms with Crippen molar-refractivity contribution in [3.63, 3.8) is 0 Å². The van der Waals surface area contributed by atoms with E-state index in [1.807, 2.05) is 39.3 Å². The Morgan fingerprint density at radius 2 is 1.00 bits per heavy atom. The van der Waals surface area contributed by atoms with E-state index in [0.29, 0.717) is 6.61 Å². The van der Waals surface area contributed by atoms with Gasteiger partial charge in [-0.15, -0.1) is 0 Å². The van der Waals surface area contributed by atoms with Gasteiger partial charge < -0.3 is 20.2 Å². The molecule has 0 fully saturated rings. The first-order valence-electron chi connectivity index (χ1n) is 5.47. The molecule has 0 aromatic heterocycles. The second kappa shape index (κ2) is 17.0. The van der Waals surface area contributed by atoms with E-state index in [1.54, 1.807) is 0 Å². The molecule has 0 aliphatic heterocycles. The molecule has 7 heteroatoms. The summed E-state index contributed by atoms with van der Waals surface area (Å²) < 4.78 is 0. The normalized spacial score (nSPS) is 9.53. The number of aliphatic hydroxyl groups excluding tert-OH is 1. The van der Waals surface area contributed by atoms with Crippen molar-refractivity contribution in [2.75, 3.05) is 6.61 Å². The summed E-state index contributed by atoms with van der Waals surface area (Å²) in [7, 11) is -3.22. The molecule has 0 aliphatic rings. The van der Waals surface area contributed by atoms with Crippen LogP contribution in [0.5, 0.6) is 0 Å². The molecule has 0 rings (SSSR count). The Bertz CT molecular complexity index is 98.5. The minimum Gasteiger partial charge on any atom is -0.433 e. The summed E-state index contributed by atoms with van der Waals surface area (Å²) in [6.45, 7) is 13.7. The predicted molar refractivity (Wildman–Crippen MR) is 76.7 cm³/mol. The molecule has 0 bridgehead atoms. The summed E-state index contributed by atoms with van der Waals surface area (Å²) in [5.74, 6) is 0. The van der Waals surface area contributed by atoms with Crippen molar-refractivity contribution in [3.8, 4) is 0 Å². The van der Waals surface area contributed by atoms with Crippen molar-refractivity contribution in [1.29, 1.82) is 0 Å². The molecule has 0 aliphatic carbocycles. The number of hydrogen-bond donors (Lipinski definition) is 3. The van der Waals surface area contributed by atoms with Crippen LogP contribution < -0.4 is 0 Å². The van der Waals surface area contributed by atoms with E-state index in [-0.39, 0.29) is 27.2 Å². The topological polar surface area (TPSA) is 92.2 Å². The molecular formula is C10H32O4Si2Ti. The van der Waals surface area contributed by atoms with Gasteiger partial charge in [-0.1, -0.05) is 13.3 Å². The van der Waals surface area contributed by atoms with Crippen LogP contribution in [0, 0.1) is 0 Å². The third kappa shape index (κ3) is 427. The summed E-state index contributed by atoms with van der Waals surface area (Å²) in [4.78, 5) is 17.3. The van der Waals surface area contributed by atoms with E-state index < -0.39 is 16.6 Å². The summed E-state index contributed by atoms with van der Waals surface area (Å²) in [5.41, 5.74) is 0. The van der Waals surface area contributed by atoms with Crippen molar-refractivity contribution in [2.45, 2.75) is 59.0 Å². The number of hydrogen-bond acceptors (Lipinski definition) is 3. The van der Waals surface area contributed by atoms with Gasteiger partial charge in [0.25, 0.3) is 0 Å². The Kier molecular flexibility index (Phi) is 30.8. The monoisotopic (exact) mass is 320 g/mol. The van der Waals surface area contributed by atoms with E-state index >= 15 is 0 Å². The quantitative estimate of drug-likeness (QED) is 0.675. The van der Waals surface area contributed by atoms with Crippen LogP contribution in [0.1, 0.15) is 19.8 Å². The SMILES string of the molecule is CCCCO.C[Si](C)(C)O.C[Si](C)(C)O.O.[Ti]. The standard InChI is InChI=1S/C4H10O.2C3H10OSi.H2O.Ti/c1-2-3-4-5;2*1-5(2,3)4;;/h5H,2-4H2,1H3;2*4H,1-3H3;1H2;. The molecule has 0 aromatic carbocycles. The van der Waals surface area contributed by atoms with Crippen molar-refractivity contribution in [3.05, 3.63) is 0 Å². The van der Waals surface area contributed by atoms with E-state index in [2.05, 4.69) is 6.92 Å². The maximum atomic E-state index is 8.66. The summed E-state index contributed by atoms with van der Waals surface area (Å²) in [6, 6.07) is 0. The molecule has 0 spiro atoms. The van der Waals surface area contributed by atoms with Gasteiger partial charge in [0.2, 0.25) is 0 Å². The van der Waals surface area contributed by atoms with Crippen LogP contribution in [0.25, 0.3) is 0 Å². The van der Waals surface area contributed by atoms with Crippen LogP contribution in [0.3, 0.4) is 0 Å². The molecular weight excluding hydrogens is 288 g/mol. The Labute approximate surface area is 124 Å². The fraction of sp³-hybridized carbons (Fsp3) is 1.00. The van der Waals surface area contributed by atoms with Crippen LogP contribution in [0.2, 0.25) is 39.3 Å². The van der Waals surface area contributed by atoms with Crippen molar-refractivity contribution in [1.82, 2.24) is 0 Å². The van der Waals surface area contributed by atoms with Gasteiger partial charge in [0.05, 0.1) is 0 Å². The maximum Gasteiger partial charge on any atom is 0.179 e. The number of rotatable bonds is 2. The molecule has 108 valence electrons. The first-order valence-corrected chi connectivity index (χ1v) is 12.4. The molecule has 5 N–H and O–H groups in total. The minimum absolute atomic E-state index is 0. The second-order valence-corrected chi connectivity index (χ2v) is 14.1. The molecule has 0 amide bonds. The predicted octanol–water partition coefficient (Wildman–Crippen LogP) is 1.58. The van der Waals surface area contributed by atoms with Crippen LogP contribution in [-0.2, 0) is 21.7 Å². The number of unbranched alkanes of at least 4 members (excludes halogenated alkanes) is 1. The van der Waals surface area contributed by atoms with Crippen molar-refractivity contribution >= 4 is 16.6 Å². The van der Waals surface area contributed by atoms with Gasteiger partial charge in [-0.05, 0) is 45.7 Å². The van der Waals surface area contributed by atoms with Gasteiger partial charge in [-0.25, -0.2) is 0 Å². The Morgan fingerprint density at radius 3 is 1.00 bits per heavy atom.